The third kappa shape index (κ3) is 4.14. The van der Waals surface area contributed by atoms with E-state index in [9.17, 15) is 0 Å². The van der Waals surface area contributed by atoms with E-state index in [1.807, 2.05) is 6.08 Å². The molecule has 0 aromatic heterocycles. The zero-order chi connectivity index (χ0) is 20.4. The molecule has 1 aliphatic rings. The second-order valence-corrected chi connectivity index (χ2v) is 9.25. The first-order chi connectivity index (χ1) is 13.2. The minimum atomic E-state index is 0.0718. The Morgan fingerprint density at radius 2 is 1.68 bits per heavy atom. The molecule has 3 rings (SSSR count). The van der Waals surface area contributed by atoms with Gasteiger partial charge in [0, 0.05) is 11.6 Å². The summed E-state index contributed by atoms with van der Waals surface area (Å²) in [7, 11) is 0. The van der Waals surface area contributed by atoms with Gasteiger partial charge >= 0.3 is 0 Å². The van der Waals surface area contributed by atoms with E-state index < -0.39 is 0 Å². The molecule has 2 nitrogen and oxygen atoms in total. The zero-order valence-electron chi connectivity index (χ0n) is 17.8. The van der Waals surface area contributed by atoms with Crippen LogP contribution in [0, 0.1) is 18.3 Å². The molecule has 2 aromatic rings. The third-order valence-electron chi connectivity index (χ3n) is 6.05. The Kier molecular flexibility index (Phi) is 5.66. The van der Waals surface area contributed by atoms with Crippen molar-refractivity contribution < 1.29 is 4.74 Å². The van der Waals surface area contributed by atoms with Crippen LogP contribution in [-0.4, -0.2) is 0 Å². The van der Waals surface area contributed by atoms with Gasteiger partial charge in [0.25, 0.3) is 0 Å². The fourth-order valence-electron chi connectivity index (χ4n) is 4.15. The Bertz CT molecular complexity index is 911. The summed E-state index contributed by atoms with van der Waals surface area (Å²) in [4.78, 5) is 0. The normalized spacial score (nSPS) is 17.1. The van der Waals surface area contributed by atoms with Crippen LogP contribution in [0.2, 0.25) is 0 Å². The second-order valence-electron chi connectivity index (χ2n) is 9.25. The molecule has 28 heavy (non-hydrogen) atoms. The van der Waals surface area contributed by atoms with Crippen molar-refractivity contribution in [1.29, 1.82) is 5.26 Å². The lowest BCUT2D eigenvalue weighted by Gasteiger charge is -2.43. The maximum atomic E-state index is 8.86. The minimum Gasteiger partial charge on any atom is -0.488 e. The third-order valence-corrected chi connectivity index (χ3v) is 6.05. The van der Waals surface area contributed by atoms with Crippen LogP contribution in [0.3, 0.4) is 0 Å². The molecule has 2 aromatic carbocycles. The molecule has 1 aliphatic carbocycles. The number of ether oxygens (including phenoxy) is 1. The Balaban J connectivity index is 2.06. The van der Waals surface area contributed by atoms with Crippen LogP contribution < -0.4 is 4.74 Å². The molecule has 0 unspecified atom stereocenters. The van der Waals surface area contributed by atoms with Crippen LogP contribution in [0.15, 0.2) is 48.6 Å². The van der Waals surface area contributed by atoms with Crippen molar-refractivity contribution in [3.8, 4) is 11.8 Å². The van der Waals surface area contributed by atoms with Crippen molar-refractivity contribution in [2.45, 2.75) is 71.3 Å². The first-order valence-corrected chi connectivity index (χ1v) is 10.1. The number of rotatable bonds is 5. The Hall–Kier alpha value is -2.53. The first kappa shape index (κ1) is 20.2. The van der Waals surface area contributed by atoms with E-state index in [2.05, 4.69) is 77.1 Å². The molecule has 0 spiro atoms. The topological polar surface area (TPSA) is 33.0 Å². The number of nitrogens with zero attached hydrogens (tertiary/aromatic N) is 1. The van der Waals surface area contributed by atoms with Gasteiger partial charge < -0.3 is 4.74 Å². The van der Waals surface area contributed by atoms with E-state index in [1.54, 1.807) is 6.08 Å². The fraction of sp³-hybridized carbons (Fsp3) is 0.423. The summed E-state index contributed by atoms with van der Waals surface area (Å²) in [6, 6.07) is 15.1. The molecule has 2 heteroatoms. The highest BCUT2D eigenvalue weighted by Crippen LogP contribution is 2.50. The van der Waals surface area contributed by atoms with Gasteiger partial charge in [-0.2, -0.15) is 5.26 Å². The monoisotopic (exact) mass is 373 g/mol. The van der Waals surface area contributed by atoms with Crippen molar-refractivity contribution in [2.75, 3.05) is 0 Å². The lowest BCUT2D eigenvalue weighted by Crippen LogP contribution is -2.34. The average Bonchev–Trinajstić information content (AvgIpc) is 2.65. The molecular weight excluding hydrogens is 342 g/mol. The van der Waals surface area contributed by atoms with Crippen LogP contribution in [0.4, 0.5) is 0 Å². The highest BCUT2D eigenvalue weighted by molar-refractivity contribution is 5.55. The van der Waals surface area contributed by atoms with Crippen LogP contribution in [0.25, 0.3) is 0 Å². The zero-order valence-corrected chi connectivity index (χ0v) is 17.8. The van der Waals surface area contributed by atoms with Gasteiger partial charge in [-0.25, -0.2) is 0 Å². The molecule has 0 saturated carbocycles. The smallest absolute Gasteiger partial charge is 0.127 e. The molecular formula is C26H31NO. The minimum absolute atomic E-state index is 0.0718. The molecule has 0 heterocycles. The largest absolute Gasteiger partial charge is 0.488 e. The van der Waals surface area contributed by atoms with Gasteiger partial charge in [-0.15, -0.1) is 0 Å². The number of nitriles is 1. The molecule has 0 saturated heterocycles. The maximum absolute atomic E-state index is 8.86. The highest BCUT2D eigenvalue weighted by Gasteiger charge is 2.39. The predicted molar refractivity (Wildman–Crippen MR) is 116 cm³/mol. The van der Waals surface area contributed by atoms with Crippen LogP contribution in [0.5, 0.6) is 5.75 Å². The van der Waals surface area contributed by atoms with E-state index in [4.69, 9.17) is 10.00 Å². The molecule has 0 fully saturated rings. The van der Waals surface area contributed by atoms with Crippen LogP contribution in [-0.2, 0) is 23.9 Å². The summed E-state index contributed by atoms with van der Waals surface area (Å²) in [5.41, 5.74) is 6.55. The number of fused-ring (bicyclic) bond motifs is 1. The summed E-state index contributed by atoms with van der Waals surface area (Å²) in [6.07, 6.45) is 6.50. The Labute approximate surface area is 169 Å². The fourth-order valence-corrected chi connectivity index (χ4v) is 4.15. The molecule has 146 valence electrons. The standard InChI is InChI=1S/C26H31NO/c1-19-9-11-20(12-10-19)18-28-24-21(8-6-7-17-27)13-14-22-23(24)26(4,5)16-15-25(22,2)3/h6-7,9-14H,8,15-16,18H2,1-5H3. The highest BCUT2D eigenvalue weighted by atomic mass is 16.5. The molecule has 0 N–H and O–H groups in total. The van der Waals surface area contributed by atoms with Gasteiger partial charge in [0.2, 0.25) is 0 Å². The quantitative estimate of drug-likeness (QED) is 0.557. The van der Waals surface area contributed by atoms with Crippen molar-refractivity contribution in [1.82, 2.24) is 0 Å². The summed E-state index contributed by atoms with van der Waals surface area (Å²) >= 11 is 0. The Morgan fingerprint density at radius 1 is 1.00 bits per heavy atom. The van der Waals surface area contributed by atoms with Crippen molar-refractivity contribution in [2.24, 2.45) is 0 Å². The van der Waals surface area contributed by atoms with Gasteiger partial charge in [0.05, 0.1) is 6.07 Å². The summed E-state index contributed by atoms with van der Waals surface area (Å²) < 4.78 is 6.50. The number of hydrogen-bond donors (Lipinski definition) is 0. The van der Waals surface area contributed by atoms with Crippen molar-refractivity contribution in [3.05, 3.63) is 76.4 Å². The van der Waals surface area contributed by atoms with Gasteiger partial charge in [-0.1, -0.05) is 75.7 Å². The van der Waals surface area contributed by atoms with Gasteiger partial charge in [-0.3, -0.25) is 0 Å². The molecule has 0 bridgehead atoms. The van der Waals surface area contributed by atoms with Crippen molar-refractivity contribution in [3.63, 3.8) is 0 Å². The summed E-state index contributed by atoms with van der Waals surface area (Å²) in [5, 5.41) is 8.86. The van der Waals surface area contributed by atoms with Crippen LogP contribution in [0.1, 0.15) is 68.4 Å². The molecule has 0 aliphatic heterocycles. The van der Waals surface area contributed by atoms with Gasteiger partial charge in [-0.05, 0) is 53.7 Å². The van der Waals surface area contributed by atoms with Gasteiger partial charge in [0.1, 0.15) is 12.4 Å². The Morgan fingerprint density at radius 3 is 2.36 bits per heavy atom. The number of aryl methyl sites for hydroxylation is 1. The van der Waals surface area contributed by atoms with E-state index in [0.29, 0.717) is 13.0 Å². The first-order valence-electron chi connectivity index (χ1n) is 10.1. The SMILES string of the molecule is Cc1ccc(COc2c(CC=CC#N)ccc3c2C(C)(C)CCC3(C)C)cc1. The predicted octanol–water partition coefficient (Wildman–Crippen LogP) is 6.55. The summed E-state index contributed by atoms with van der Waals surface area (Å²) in [6.45, 7) is 12.0. The molecule has 0 radical (unpaired) electrons. The molecule has 0 atom stereocenters. The lowest BCUT2D eigenvalue weighted by molar-refractivity contribution is 0.272. The van der Waals surface area contributed by atoms with E-state index >= 15 is 0 Å². The number of allylic oxidation sites excluding steroid dienone is 2. The number of hydrogen-bond acceptors (Lipinski definition) is 2. The average molecular weight is 374 g/mol. The van der Waals surface area contributed by atoms with E-state index in [1.165, 1.54) is 28.7 Å². The molecule has 0 amide bonds. The number of benzene rings is 2. The summed E-state index contributed by atoms with van der Waals surface area (Å²) in [5.74, 6) is 1.01. The van der Waals surface area contributed by atoms with E-state index in [-0.39, 0.29) is 10.8 Å². The van der Waals surface area contributed by atoms with Crippen molar-refractivity contribution >= 4 is 0 Å². The lowest BCUT2D eigenvalue weighted by atomic mass is 9.62. The van der Waals surface area contributed by atoms with E-state index in [0.717, 1.165) is 17.7 Å². The second kappa shape index (κ2) is 7.84. The maximum Gasteiger partial charge on any atom is 0.127 e. The van der Waals surface area contributed by atoms with Gasteiger partial charge in [0.15, 0.2) is 0 Å². The van der Waals surface area contributed by atoms with Crippen LogP contribution >= 0.6 is 0 Å².